The van der Waals surface area contributed by atoms with E-state index in [0.717, 1.165) is 6.34 Å². The number of halogens is 6. The van der Waals surface area contributed by atoms with Crippen LogP contribution in [-0.4, -0.2) is 17.2 Å². The third-order valence-electron chi connectivity index (χ3n) is 4.02. The monoisotopic (exact) mass is 517 g/mol. The zero-order chi connectivity index (χ0) is 24.0. The molecule has 0 saturated carbocycles. The second-order valence-corrected chi connectivity index (χ2v) is 7.60. The molecular formula is C21H13Cl3F3N3O3. The van der Waals surface area contributed by atoms with E-state index >= 15 is 0 Å². The van der Waals surface area contributed by atoms with Gasteiger partial charge in [-0.25, -0.2) is 4.98 Å². The molecule has 3 aromatic rings. The molecule has 1 aromatic heterocycles. The normalized spacial score (nSPS) is 11.5. The maximum Gasteiger partial charge on any atom is 0.417 e. The van der Waals surface area contributed by atoms with Crippen LogP contribution < -0.4 is 10.1 Å². The number of nitrogens with one attached hydrogen (secondary N) is 1. The average Bonchev–Trinajstić information content (AvgIpc) is 2.76. The molecular weight excluding hydrogens is 506 g/mol. The molecule has 2 aromatic carbocycles. The lowest BCUT2D eigenvalue weighted by molar-refractivity contribution is -0.137. The Morgan fingerprint density at radius 1 is 1.06 bits per heavy atom. The summed E-state index contributed by atoms with van der Waals surface area (Å²) in [6.45, 7) is 0.0783. The Hall–Kier alpha value is -3.01. The number of aromatic nitrogens is 1. The Kier molecular flexibility index (Phi) is 8.01. The molecule has 0 fully saturated rings. The van der Waals surface area contributed by atoms with Crippen molar-refractivity contribution >= 4 is 47.0 Å². The zero-order valence-corrected chi connectivity index (χ0v) is 18.6. The van der Waals surface area contributed by atoms with E-state index in [2.05, 4.69) is 15.5 Å². The lowest BCUT2D eigenvalue weighted by Crippen LogP contribution is -2.21. The van der Waals surface area contributed by atoms with Crippen LogP contribution in [0.2, 0.25) is 15.1 Å². The quantitative estimate of drug-likeness (QED) is 0.213. The van der Waals surface area contributed by atoms with Gasteiger partial charge in [-0.1, -0.05) is 46.0 Å². The molecule has 172 valence electrons. The minimum Gasteiger partial charge on any atom is -0.438 e. The summed E-state index contributed by atoms with van der Waals surface area (Å²) in [6, 6.07) is 11.4. The molecule has 0 radical (unpaired) electrons. The van der Waals surface area contributed by atoms with Gasteiger partial charge in [0.1, 0.15) is 23.7 Å². The fraction of sp³-hybridized carbons (Fsp3) is 0.0952. The van der Waals surface area contributed by atoms with Gasteiger partial charge in [-0.3, -0.25) is 4.79 Å². The summed E-state index contributed by atoms with van der Waals surface area (Å²) in [7, 11) is 0. The standard InChI is InChI=1S/C21H13Cl3F3N3O3/c22-15-4-1-13(17(23)8-15)10-32-30-11-29-19(31)12-2-5-16(6-3-12)33-20-18(24)7-14(9-28-20)21(25,26)27/h1-9,11H,10H2,(H,29,30,31). The van der Waals surface area contributed by atoms with Crippen molar-refractivity contribution in [2.75, 3.05) is 0 Å². The van der Waals surface area contributed by atoms with Crippen molar-refractivity contribution in [1.82, 2.24) is 10.3 Å². The molecule has 0 aliphatic rings. The van der Waals surface area contributed by atoms with Gasteiger partial charge < -0.3 is 14.9 Å². The highest BCUT2D eigenvalue weighted by atomic mass is 35.5. The molecule has 0 atom stereocenters. The molecule has 0 aliphatic heterocycles. The molecule has 33 heavy (non-hydrogen) atoms. The van der Waals surface area contributed by atoms with Crippen LogP contribution in [0.5, 0.6) is 11.6 Å². The molecule has 1 amide bonds. The van der Waals surface area contributed by atoms with Gasteiger partial charge in [0.15, 0.2) is 0 Å². The number of benzene rings is 2. The number of nitrogens with zero attached hydrogens (tertiary/aromatic N) is 2. The largest absolute Gasteiger partial charge is 0.438 e. The lowest BCUT2D eigenvalue weighted by Gasteiger charge is -2.10. The molecule has 1 heterocycles. The molecule has 1 N–H and O–H groups in total. The first-order chi connectivity index (χ1) is 15.6. The van der Waals surface area contributed by atoms with E-state index in [4.69, 9.17) is 44.4 Å². The van der Waals surface area contributed by atoms with Gasteiger partial charge in [0, 0.05) is 27.4 Å². The summed E-state index contributed by atoms with van der Waals surface area (Å²) >= 11 is 17.6. The van der Waals surface area contributed by atoms with Gasteiger partial charge in [-0.15, -0.1) is 0 Å². The van der Waals surface area contributed by atoms with Crippen LogP contribution >= 0.6 is 34.8 Å². The Labute approximate surface area is 200 Å². The minimum atomic E-state index is -4.57. The predicted molar refractivity (Wildman–Crippen MR) is 118 cm³/mol. The van der Waals surface area contributed by atoms with Crippen molar-refractivity contribution in [3.05, 3.63) is 86.5 Å². The number of oxime groups is 1. The van der Waals surface area contributed by atoms with Crippen LogP contribution in [0, 0.1) is 0 Å². The molecule has 6 nitrogen and oxygen atoms in total. The number of hydrogen-bond acceptors (Lipinski definition) is 5. The first kappa shape index (κ1) is 24.6. The number of pyridine rings is 1. The van der Waals surface area contributed by atoms with E-state index in [9.17, 15) is 18.0 Å². The smallest absolute Gasteiger partial charge is 0.417 e. The van der Waals surface area contributed by atoms with Crippen LogP contribution in [0.3, 0.4) is 0 Å². The Morgan fingerprint density at radius 3 is 2.42 bits per heavy atom. The summed E-state index contributed by atoms with van der Waals surface area (Å²) in [5.74, 6) is -0.464. The number of amides is 1. The molecule has 12 heteroatoms. The van der Waals surface area contributed by atoms with Crippen LogP contribution in [0.25, 0.3) is 0 Å². The SMILES string of the molecule is O=C(N/C=N/OCc1ccc(Cl)cc1Cl)c1ccc(Oc2ncc(C(F)(F)F)cc2Cl)cc1. The van der Waals surface area contributed by atoms with Gasteiger partial charge in [0.05, 0.1) is 5.56 Å². The van der Waals surface area contributed by atoms with Crippen molar-refractivity contribution in [1.29, 1.82) is 0 Å². The van der Waals surface area contributed by atoms with Gasteiger partial charge in [0.25, 0.3) is 5.91 Å². The third-order valence-corrected chi connectivity index (χ3v) is 4.88. The summed E-state index contributed by atoms with van der Waals surface area (Å²) < 4.78 is 43.4. The fourth-order valence-corrected chi connectivity index (χ4v) is 3.06. The van der Waals surface area contributed by atoms with Crippen molar-refractivity contribution in [3.8, 4) is 11.6 Å². The van der Waals surface area contributed by atoms with Crippen molar-refractivity contribution in [2.45, 2.75) is 12.8 Å². The van der Waals surface area contributed by atoms with Crippen LogP contribution in [0.1, 0.15) is 21.5 Å². The summed E-state index contributed by atoms with van der Waals surface area (Å²) in [5.41, 5.74) is -0.0578. The number of alkyl halides is 3. The molecule has 0 spiro atoms. The number of hydrogen-bond donors (Lipinski definition) is 1. The van der Waals surface area contributed by atoms with E-state index < -0.39 is 17.6 Å². The number of carbonyl (C=O) groups excluding carboxylic acids is 1. The average molecular weight is 519 g/mol. The maximum absolute atomic E-state index is 12.7. The highest BCUT2D eigenvalue weighted by molar-refractivity contribution is 6.35. The summed E-state index contributed by atoms with van der Waals surface area (Å²) in [4.78, 5) is 20.8. The van der Waals surface area contributed by atoms with Crippen LogP contribution in [0.4, 0.5) is 13.2 Å². The van der Waals surface area contributed by atoms with Crippen LogP contribution in [-0.2, 0) is 17.6 Å². The highest BCUT2D eigenvalue weighted by Gasteiger charge is 2.31. The topological polar surface area (TPSA) is 72.8 Å². The molecule has 0 bridgehead atoms. The Balaban J connectivity index is 1.52. The van der Waals surface area contributed by atoms with Crippen molar-refractivity contribution < 1.29 is 27.5 Å². The Morgan fingerprint density at radius 2 is 1.79 bits per heavy atom. The van der Waals surface area contributed by atoms with Gasteiger partial charge in [-0.05, 0) is 42.5 Å². The minimum absolute atomic E-state index is 0.0783. The second-order valence-electron chi connectivity index (χ2n) is 6.35. The molecule has 0 unspecified atom stereocenters. The molecule has 0 saturated heterocycles. The second kappa shape index (κ2) is 10.7. The zero-order valence-electron chi connectivity index (χ0n) is 16.4. The Bertz CT molecular complexity index is 1170. The van der Waals surface area contributed by atoms with Gasteiger partial charge >= 0.3 is 6.18 Å². The summed E-state index contributed by atoms with van der Waals surface area (Å²) in [6.07, 6.45) is -2.88. The van der Waals surface area contributed by atoms with Crippen LogP contribution in [0.15, 0.2) is 59.9 Å². The van der Waals surface area contributed by atoms with Gasteiger partial charge in [0.2, 0.25) is 5.88 Å². The predicted octanol–water partition coefficient (Wildman–Crippen LogP) is 6.74. The number of rotatable bonds is 7. The lowest BCUT2D eigenvalue weighted by atomic mass is 10.2. The maximum atomic E-state index is 12.7. The number of carbonyl (C=O) groups is 1. The van der Waals surface area contributed by atoms with Gasteiger partial charge in [-0.2, -0.15) is 13.2 Å². The first-order valence-electron chi connectivity index (χ1n) is 9.03. The fourth-order valence-electron chi connectivity index (χ4n) is 2.39. The van der Waals surface area contributed by atoms with E-state index in [1.165, 1.54) is 24.3 Å². The highest BCUT2D eigenvalue weighted by Crippen LogP contribution is 2.34. The van der Waals surface area contributed by atoms with E-state index in [1.54, 1.807) is 18.2 Å². The molecule has 0 aliphatic carbocycles. The van der Waals surface area contributed by atoms with E-state index in [-0.39, 0.29) is 28.8 Å². The summed E-state index contributed by atoms with van der Waals surface area (Å²) in [5, 5.41) is 6.66. The van der Waals surface area contributed by atoms with E-state index in [1.807, 2.05) is 0 Å². The van der Waals surface area contributed by atoms with Crippen molar-refractivity contribution in [2.24, 2.45) is 5.16 Å². The number of ether oxygens (including phenoxy) is 1. The third kappa shape index (κ3) is 6.98. The first-order valence-corrected chi connectivity index (χ1v) is 10.2. The van der Waals surface area contributed by atoms with Crippen molar-refractivity contribution in [3.63, 3.8) is 0 Å². The van der Waals surface area contributed by atoms with E-state index in [0.29, 0.717) is 27.9 Å². The molecule has 3 rings (SSSR count).